The lowest BCUT2D eigenvalue weighted by Crippen LogP contribution is -2.23. The van der Waals surface area contributed by atoms with Crippen LogP contribution in [0.1, 0.15) is 29.1 Å². The van der Waals surface area contributed by atoms with E-state index in [-0.39, 0.29) is 6.04 Å². The number of benzene rings is 1. The zero-order valence-electron chi connectivity index (χ0n) is 10.9. The van der Waals surface area contributed by atoms with Gasteiger partial charge in [-0.1, -0.05) is 30.1 Å². The van der Waals surface area contributed by atoms with Gasteiger partial charge in [-0.25, -0.2) is 4.98 Å². The van der Waals surface area contributed by atoms with Gasteiger partial charge < -0.3 is 5.32 Å². The van der Waals surface area contributed by atoms with Gasteiger partial charge in [-0.3, -0.25) is 0 Å². The number of halogens is 2. The van der Waals surface area contributed by atoms with E-state index in [1.54, 1.807) is 11.3 Å². The minimum Gasteiger partial charge on any atom is -0.309 e. The lowest BCUT2D eigenvalue weighted by atomic mass is 10.0. The maximum Gasteiger partial charge on any atom is 0.0798 e. The van der Waals surface area contributed by atoms with E-state index in [9.17, 15) is 0 Å². The van der Waals surface area contributed by atoms with Crippen molar-refractivity contribution in [3.8, 4) is 0 Å². The highest BCUT2D eigenvalue weighted by Gasteiger charge is 2.17. The Morgan fingerprint density at radius 3 is 2.79 bits per heavy atom. The fourth-order valence-electron chi connectivity index (χ4n) is 2.07. The first-order chi connectivity index (χ1) is 9.11. The molecule has 102 valence electrons. The molecule has 5 heteroatoms. The molecule has 0 aliphatic rings. The zero-order chi connectivity index (χ0) is 13.8. The molecule has 2 aromatic rings. The summed E-state index contributed by atoms with van der Waals surface area (Å²) in [7, 11) is 0. The molecule has 1 atom stereocenters. The summed E-state index contributed by atoms with van der Waals surface area (Å²) < 4.78 is 0. The van der Waals surface area contributed by atoms with Gasteiger partial charge in [-0.05, 0) is 43.7 Å². The Balaban J connectivity index is 2.26. The normalized spacial score (nSPS) is 12.6. The van der Waals surface area contributed by atoms with E-state index < -0.39 is 0 Å². The Morgan fingerprint density at radius 2 is 2.16 bits per heavy atom. The fraction of sp³-hybridized carbons (Fsp3) is 0.357. The van der Waals surface area contributed by atoms with Gasteiger partial charge in [0.05, 0.1) is 11.2 Å². The summed E-state index contributed by atoms with van der Waals surface area (Å²) in [6.45, 7) is 5.04. The third kappa shape index (κ3) is 3.69. The molecule has 0 fully saturated rings. The van der Waals surface area contributed by atoms with Crippen molar-refractivity contribution in [3.63, 3.8) is 0 Å². The summed E-state index contributed by atoms with van der Waals surface area (Å²) in [5.41, 5.74) is 4.02. The molecule has 0 amide bonds. The number of rotatable bonds is 5. The Morgan fingerprint density at radius 1 is 1.37 bits per heavy atom. The van der Waals surface area contributed by atoms with Crippen LogP contribution in [0.15, 0.2) is 23.7 Å². The highest BCUT2D eigenvalue weighted by molar-refractivity contribution is 7.09. The molecule has 1 unspecified atom stereocenters. The highest BCUT2D eigenvalue weighted by Crippen LogP contribution is 2.29. The van der Waals surface area contributed by atoms with Gasteiger partial charge in [0.2, 0.25) is 0 Å². The largest absolute Gasteiger partial charge is 0.309 e. The lowest BCUT2D eigenvalue weighted by molar-refractivity contribution is 0.555. The molecule has 2 nitrogen and oxygen atoms in total. The smallest absolute Gasteiger partial charge is 0.0798 e. The number of aryl methyl sites for hydroxylation is 1. The number of thiazole rings is 1. The highest BCUT2D eigenvalue weighted by atomic mass is 35.5. The Hall–Kier alpha value is -0.610. The molecule has 0 saturated heterocycles. The molecular formula is C14H16Cl2N2S. The van der Waals surface area contributed by atoms with Crippen molar-refractivity contribution in [3.05, 3.63) is 49.9 Å². The molecule has 1 aromatic heterocycles. The van der Waals surface area contributed by atoms with Gasteiger partial charge in [0, 0.05) is 21.0 Å². The van der Waals surface area contributed by atoms with Crippen LogP contribution in [0.25, 0.3) is 0 Å². The summed E-state index contributed by atoms with van der Waals surface area (Å²) >= 11 is 14.0. The van der Waals surface area contributed by atoms with Crippen LogP contribution >= 0.6 is 34.5 Å². The van der Waals surface area contributed by atoms with Crippen LogP contribution in [0.3, 0.4) is 0 Å². The maximum absolute atomic E-state index is 6.24. The van der Waals surface area contributed by atoms with Crippen molar-refractivity contribution >= 4 is 34.5 Å². The lowest BCUT2D eigenvalue weighted by Gasteiger charge is -2.18. The molecule has 0 radical (unpaired) electrons. The number of hydrogen-bond acceptors (Lipinski definition) is 3. The predicted molar refractivity (Wildman–Crippen MR) is 83.4 cm³/mol. The second kappa shape index (κ2) is 6.71. The van der Waals surface area contributed by atoms with E-state index >= 15 is 0 Å². The van der Waals surface area contributed by atoms with Crippen molar-refractivity contribution in [1.29, 1.82) is 0 Å². The predicted octanol–water partition coefficient (Wildman–Crippen LogP) is 4.65. The van der Waals surface area contributed by atoms with Crippen LogP contribution in [0.4, 0.5) is 0 Å². The summed E-state index contributed by atoms with van der Waals surface area (Å²) in [6.07, 6.45) is 0.816. The van der Waals surface area contributed by atoms with E-state index in [0.717, 1.165) is 34.3 Å². The minimum atomic E-state index is 0.230. The van der Waals surface area contributed by atoms with E-state index in [4.69, 9.17) is 23.2 Å². The first kappa shape index (κ1) is 14.8. The SMILES string of the molecule is CCNC(Cc1cc(Cl)ccc1Cl)c1scnc1C. The zero-order valence-corrected chi connectivity index (χ0v) is 13.2. The number of aromatic nitrogens is 1. The Bertz CT molecular complexity index is 554. The second-order valence-electron chi connectivity index (χ2n) is 4.35. The number of hydrogen-bond donors (Lipinski definition) is 1. The molecule has 0 bridgehead atoms. The molecule has 0 spiro atoms. The van der Waals surface area contributed by atoms with Gasteiger partial charge in [0.15, 0.2) is 0 Å². The fourth-order valence-corrected chi connectivity index (χ4v) is 3.34. The number of nitrogens with zero attached hydrogens (tertiary/aromatic N) is 1. The van der Waals surface area contributed by atoms with Crippen LogP contribution in [-0.4, -0.2) is 11.5 Å². The molecule has 0 saturated carbocycles. The van der Waals surface area contributed by atoms with Crippen LogP contribution in [-0.2, 0) is 6.42 Å². The molecule has 1 heterocycles. The van der Waals surface area contributed by atoms with E-state index in [2.05, 4.69) is 17.2 Å². The molecular weight excluding hydrogens is 299 g/mol. The maximum atomic E-state index is 6.24. The average molecular weight is 315 g/mol. The van der Waals surface area contributed by atoms with Crippen LogP contribution < -0.4 is 5.32 Å². The van der Waals surface area contributed by atoms with Crippen LogP contribution in [0.5, 0.6) is 0 Å². The number of nitrogens with one attached hydrogen (secondary N) is 1. The van der Waals surface area contributed by atoms with Crippen molar-refractivity contribution in [2.24, 2.45) is 0 Å². The summed E-state index contributed by atoms with van der Waals surface area (Å²) in [4.78, 5) is 5.58. The summed E-state index contributed by atoms with van der Waals surface area (Å²) in [6, 6.07) is 5.83. The monoisotopic (exact) mass is 314 g/mol. The quantitative estimate of drug-likeness (QED) is 0.868. The van der Waals surface area contributed by atoms with Gasteiger partial charge in [0.25, 0.3) is 0 Å². The summed E-state index contributed by atoms with van der Waals surface area (Å²) in [5.74, 6) is 0. The standard InChI is InChI=1S/C14H16Cl2N2S/c1-3-17-13(14-9(2)18-8-19-14)7-10-6-11(15)4-5-12(10)16/h4-6,8,13,17H,3,7H2,1-2H3. The van der Waals surface area contributed by atoms with Crippen molar-refractivity contribution < 1.29 is 0 Å². The summed E-state index contributed by atoms with van der Waals surface area (Å²) in [5, 5.41) is 4.97. The molecule has 19 heavy (non-hydrogen) atoms. The Kier molecular flexibility index (Phi) is 5.22. The van der Waals surface area contributed by atoms with E-state index in [0.29, 0.717) is 0 Å². The average Bonchev–Trinajstić information content (AvgIpc) is 2.79. The Labute approximate surface area is 127 Å². The third-order valence-electron chi connectivity index (χ3n) is 2.98. The van der Waals surface area contributed by atoms with Crippen molar-refractivity contribution in [1.82, 2.24) is 10.3 Å². The van der Waals surface area contributed by atoms with Crippen molar-refractivity contribution in [2.75, 3.05) is 6.54 Å². The van der Waals surface area contributed by atoms with Crippen molar-refractivity contribution in [2.45, 2.75) is 26.3 Å². The van der Waals surface area contributed by atoms with Crippen LogP contribution in [0.2, 0.25) is 10.0 Å². The molecule has 1 N–H and O–H groups in total. The first-order valence-electron chi connectivity index (χ1n) is 6.19. The third-order valence-corrected chi connectivity index (χ3v) is 4.63. The van der Waals surface area contributed by atoms with Crippen LogP contribution in [0, 0.1) is 6.92 Å². The molecule has 1 aromatic carbocycles. The topological polar surface area (TPSA) is 24.9 Å². The van der Waals surface area contributed by atoms with Gasteiger partial charge in [-0.15, -0.1) is 11.3 Å². The second-order valence-corrected chi connectivity index (χ2v) is 6.08. The van der Waals surface area contributed by atoms with E-state index in [1.165, 1.54) is 4.88 Å². The van der Waals surface area contributed by atoms with Gasteiger partial charge in [0.1, 0.15) is 0 Å². The molecule has 0 aliphatic heterocycles. The first-order valence-corrected chi connectivity index (χ1v) is 7.82. The van der Waals surface area contributed by atoms with E-state index in [1.807, 2.05) is 30.6 Å². The number of likely N-dealkylation sites (N-methyl/N-ethyl adjacent to an activating group) is 1. The van der Waals surface area contributed by atoms with Gasteiger partial charge >= 0.3 is 0 Å². The molecule has 0 aliphatic carbocycles. The minimum absolute atomic E-state index is 0.230. The van der Waals surface area contributed by atoms with Gasteiger partial charge in [-0.2, -0.15) is 0 Å². The molecule has 2 rings (SSSR count).